The molecular weight excluding hydrogens is 488 g/mol. The molecule has 0 aliphatic carbocycles. The quantitative estimate of drug-likeness (QED) is 0.319. The van der Waals surface area contributed by atoms with Crippen molar-refractivity contribution in [3.8, 4) is 0 Å². The maximum atomic E-state index is 13.6. The van der Waals surface area contributed by atoms with Crippen LogP contribution in [0.3, 0.4) is 0 Å². The van der Waals surface area contributed by atoms with Crippen LogP contribution in [-0.2, 0) is 19.1 Å². The van der Waals surface area contributed by atoms with Crippen LogP contribution in [0.4, 0.5) is 4.79 Å². The van der Waals surface area contributed by atoms with Crippen LogP contribution >= 0.6 is 23.4 Å². The third-order valence-electron chi connectivity index (χ3n) is 6.07. The van der Waals surface area contributed by atoms with Gasteiger partial charge in [0, 0.05) is 5.88 Å². The Morgan fingerprint density at radius 3 is 2.17 bits per heavy atom. The molecule has 4 rings (SSSR count). The molecule has 1 N–H and O–H groups in total. The second-order valence-corrected chi connectivity index (χ2v) is 11.3. The molecule has 35 heavy (non-hydrogen) atoms. The summed E-state index contributed by atoms with van der Waals surface area (Å²) in [5.74, 6) is -0.578. The Hall–Kier alpha value is -2.71. The molecule has 0 spiro atoms. The van der Waals surface area contributed by atoms with E-state index in [4.69, 9.17) is 21.1 Å². The molecule has 0 aromatic heterocycles. The lowest BCUT2D eigenvalue weighted by atomic mass is 9.95. The topological polar surface area (TPSA) is 84.9 Å². The monoisotopic (exact) mass is 516 g/mol. The Labute approximate surface area is 214 Å². The third kappa shape index (κ3) is 5.14. The minimum Gasteiger partial charge on any atom is -0.451 e. The largest absolute Gasteiger partial charge is 0.451 e. The first kappa shape index (κ1) is 25.4. The summed E-state index contributed by atoms with van der Waals surface area (Å²) in [5.41, 5.74) is 1.65. The lowest BCUT2D eigenvalue weighted by molar-refractivity contribution is -0.166. The summed E-state index contributed by atoms with van der Waals surface area (Å²) in [6, 6.07) is 17.3. The van der Waals surface area contributed by atoms with E-state index < -0.39 is 40.4 Å². The van der Waals surface area contributed by atoms with Crippen LogP contribution in [0.5, 0.6) is 0 Å². The number of β-lactam (4-membered cyclic amide) rings is 1. The number of hydrogen-bond acceptors (Lipinski definition) is 6. The minimum atomic E-state index is -0.887. The molecule has 7 nitrogen and oxygen atoms in total. The summed E-state index contributed by atoms with van der Waals surface area (Å²) in [6.45, 7) is 5.95. The normalized spacial score (nSPS) is 25.3. The van der Waals surface area contributed by atoms with Crippen molar-refractivity contribution in [2.24, 2.45) is 5.92 Å². The first-order valence-corrected chi connectivity index (χ1v) is 13.0. The molecule has 0 bridgehead atoms. The fourth-order valence-electron chi connectivity index (χ4n) is 4.30. The number of benzene rings is 2. The van der Waals surface area contributed by atoms with E-state index >= 15 is 0 Å². The summed E-state index contributed by atoms with van der Waals surface area (Å²) in [5, 5.41) is 2.21. The highest BCUT2D eigenvalue weighted by atomic mass is 35.5. The predicted octanol–water partition coefficient (Wildman–Crippen LogP) is 4.35. The smallest absolute Gasteiger partial charge is 0.407 e. The van der Waals surface area contributed by atoms with Crippen molar-refractivity contribution in [2.75, 3.05) is 12.5 Å². The van der Waals surface area contributed by atoms with Crippen molar-refractivity contribution in [3.05, 3.63) is 71.8 Å². The van der Waals surface area contributed by atoms with Gasteiger partial charge in [0.1, 0.15) is 17.5 Å². The van der Waals surface area contributed by atoms with E-state index in [9.17, 15) is 14.4 Å². The zero-order chi connectivity index (χ0) is 25.2. The standard InChI is InChI=1S/C26H29ClN2O5S/c1-16(2)14-33-25(32)28-19-22(30)29-21(26(3,15-27)35-23(19)29)24(31)34-20(17-10-6-4-7-11-17)18-12-8-5-9-13-18/h4-13,16,19-21,23H,14-15H2,1-3H3,(H,28,32)/t19-,21+,23-,26+/m1/s1. The maximum Gasteiger partial charge on any atom is 0.407 e. The van der Waals surface area contributed by atoms with Gasteiger partial charge < -0.3 is 19.7 Å². The van der Waals surface area contributed by atoms with E-state index in [1.165, 1.54) is 16.7 Å². The number of esters is 1. The number of nitrogens with one attached hydrogen (secondary N) is 1. The van der Waals surface area contributed by atoms with Crippen LogP contribution < -0.4 is 5.32 Å². The lowest BCUT2D eigenvalue weighted by Gasteiger charge is -2.43. The van der Waals surface area contributed by atoms with Crippen molar-refractivity contribution >= 4 is 41.3 Å². The van der Waals surface area contributed by atoms with Crippen LogP contribution in [0.1, 0.15) is 38.0 Å². The number of alkyl carbamates (subject to hydrolysis) is 1. The lowest BCUT2D eigenvalue weighted by Crippen LogP contribution is -2.71. The van der Waals surface area contributed by atoms with Crippen molar-refractivity contribution in [3.63, 3.8) is 0 Å². The van der Waals surface area contributed by atoms with Crippen molar-refractivity contribution in [1.29, 1.82) is 0 Å². The summed E-state index contributed by atoms with van der Waals surface area (Å²) in [6.07, 6.45) is -1.28. The van der Waals surface area contributed by atoms with Crippen LogP contribution in [0.2, 0.25) is 0 Å². The average molecular weight is 517 g/mol. The fraction of sp³-hybridized carbons (Fsp3) is 0.423. The van der Waals surface area contributed by atoms with E-state index in [0.717, 1.165) is 11.1 Å². The summed E-state index contributed by atoms with van der Waals surface area (Å²) in [4.78, 5) is 40.3. The van der Waals surface area contributed by atoms with Gasteiger partial charge >= 0.3 is 12.1 Å². The second-order valence-electron chi connectivity index (χ2n) is 9.36. The van der Waals surface area contributed by atoms with Crippen LogP contribution in [0.15, 0.2) is 60.7 Å². The Balaban J connectivity index is 1.54. The number of nitrogens with zero attached hydrogens (tertiary/aromatic N) is 1. The van der Waals surface area contributed by atoms with Gasteiger partial charge in [-0.15, -0.1) is 23.4 Å². The molecule has 4 atom stereocenters. The SMILES string of the molecule is CC(C)COC(=O)N[C@@H]1C(=O)N2[C@@H]1S[C@@](C)(CCl)[C@@H]2C(=O)OC(c1ccccc1)c1ccccc1. The molecular formula is C26H29ClN2O5S. The number of amides is 2. The highest BCUT2D eigenvalue weighted by molar-refractivity contribution is 8.01. The molecule has 2 saturated heterocycles. The van der Waals surface area contributed by atoms with Gasteiger partial charge in [-0.25, -0.2) is 9.59 Å². The van der Waals surface area contributed by atoms with E-state index in [1.807, 2.05) is 81.4 Å². The fourth-order valence-corrected chi connectivity index (χ4v) is 6.24. The van der Waals surface area contributed by atoms with Gasteiger partial charge in [-0.05, 0) is 24.0 Å². The Bertz CT molecular complexity index is 1030. The molecule has 2 aliphatic heterocycles. The van der Waals surface area contributed by atoms with Gasteiger partial charge in [0.05, 0.1) is 11.4 Å². The minimum absolute atomic E-state index is 0.129. The van der Waals surface area contributed by atoms with Crippen LogP contribution in [0.25, 0.3) is 0 Å². The molecule has 2 aliphatic rings. The van der Waals surface area contributed by atoms with Crippen molar-refractivity contribution < 1.29 is 23.9 Å². The van der Waals surface area contributed by atoms with Crippen molar-refractivity contribution in [2.45, 2.75) is 49.1 Å². The number of ether oxygens (including phenoxy) is 2. The van der Waals surface area contributed by atoms with Gasteiger partial charge in [-0.3, -0.25) is 4.79 Å². The van der Waals surface area contributed by atoms with E-state index in [2.05, 4.69) is 5.32 Å². The zero-order valence-electron chi connectivity index (χ0n) is 19.8. The molecule has 186 valence electrons. The second kappa shape index (κ2) is 10.5. The molecule has 2 amide bonds. The Kier molecular flexibility index (Phi) is 7.62. The first-order valence-electron chi connectivity index (χ1n) is 11.5. The number of carbonyl (C=O) groups excluding carboxylic acids is 3. The van der Waals surface area contributed by atoms with E-state index in [-0.39, 0.29) is 24.3 Å². The van der Waals surface area contributed by atoms with Gasteiger partial charge in [0.2, 0.25) is 5.91 Å². The average Bonchev–Trinajstić information content (AvgIpc) is 3.15. The number of hydrogen-bond donors (Lipinski definition) is 1. The predicted molar refractivity (Wildman–Crippen MR) is 135 cm³/mol. The molecule has 2 fully saturated rings. The molecule has 9 heteroatoms. The molecule has 2 heterocycles. The number of thioether (sulfide) groups is 1. The number of alkyl halides is 1. The van der Waals surface area contributed by atoms with Gasteiger partial charge in [-0.2, -0.15) is 0 Å². The number of carbonyl (C=O) groups is 3. The number of rotatable bonds is 8. The number of fused-ring (bicyclic) bond motifs is 1. The van der Waals surface area contributed by atoms with Crippen LogP contribution in [0, 0.1) is 5.92 Å². The molecule has 2 aromatic carbocycles. The van der Waals surface area contributed by atoms with E-state index in [0.29, 0.717) is 0 Å². The Morgan fingerprint density at radius 2 is 1.66 bits per heavy atom. The van der Waals surface area contributed by atoms with Crippen molar-refractivity contribution in [1.82, 2.24) is 10.2 Å². The van der Waals surface area contributed by atoms with Gasteiger partial charge in [-0.1, -0.05) is 74.5 Å². The summed E-state index contributed by atoms with van der Waals surface area (Å²) >= 11 is 7.72. The first-order chi connectivity index (χ1) is 16.7. The summed E-state index contributed by atoms with van der Waals surface area (Å²) < 4.78 is 10.4. The summed E-state index contributed by atoms with van der Waals surface area (Å²) in [7, 11) is 0. The number of halogens is 1. The molecule has 0 saturated carbocycles. The molecule has 0 unspecified atom stereocenters. The van der Waals surface area contributed by atoms with Crippen LogP contribution in [-0.4, -0.2) is 57.6 Å². The highest BCUT2D eigenvalue weighted by Gasteiger charge is 2.66. The molecule has 2 aromatic rings. The Morgan fingerprint density at radius 1 is 1.09 bits per heavy atom. The van der Waals surface area contributed by atoms with Gasteiger partial charge in [0.15, 0.2) is 6.10 Å². The highest BCUT2D eigenvalue weighted by Crippen LogP contribution is 2.52. The third-order valence-corrected chi connectivity index (χ3v) is 8.44. The zero-order valence-corrected chi connectivity index (χ0v) is 21.4. The van der Waals surface area contributed by atoms with Gasteiger partial charge in [0.25, 0.3) is 0 Å². The maximum absolute atomic E-state index is 13.6. The van der Waals surface area contributed by atoms with E-state index in [1.54, 1.807) is 0 Å². The molecule has 0 radical (unpaired) electrons.